The van der Waals surface area contributed by atoms with E-state index in [-0.39, 0.29) is 0 Å². The molecule has 29 heavy (non-hydrogen) atoms. The minimum Gasteiger partial charge on any atom is -0.493 e. The van der Waals surface area contributed by atoms with Gasteiger partial charge in [0, 0.05) is 5.08 Å². The van der Waals surface area contributed by atoms with Gasteiger partial charge in [0.05, 0.1) is 37.4 Å². The van der Waals surface area contributed by atoms with Crippen LogP contribution in [0.2, 0.25) is 0 Å². The number of ether oxygens (including phenoxy) is 4. The molecule has 0 heterocycles. The molecule has 0 spiro atoms. The van der Waals surface area contributed by atoms with Crippen molar-refractivity contribution in [3.63, 3.8) is 0 Å². The smallest absolute Gasteiger partial charge is 0.174 e. The summed E-state index contributed by atoms with van der Waals surface area (Å²) in [7, 11) is 6.51. The Labute approximate surface area is 197 Å². The Balaban J connectivity index is 1.88. The molecule has 0 fully saturated rings. The Kier molecular flexibility index (Phi) is 10.3. The lowest BCUT2D eigenvalue weighted by atomic mass is 10.2. The van der Waals surface area contributed by atoms with Gasteiger partial charge in [-0.15, -0.1) is 23.5 Å². The summed E-state index contributed by atoms with van der Waals surface area (Å²) in [4.78, 5) is 0. The first-order valence-electron chi connectivity index (χ1n) is 8.43. The molecule has 0 aliphatic heterocycles. The highest BCUT2D eigenvalue weighted by Gasteiger charge is 2.10. The number of benzene rings is 2. The van der Waals surface area contributed by atoms with Gasteiger partial charge in [-0.2, -0.15) is 0 Å². The minimum absolute atomic E-state index is 0.694. The predicted octanol–water partition coefficient (Wildman–Crippen LogP) is 7.31. The van der Waals surface area contributed by atoms with Crippen molar-refractivity contribution in [3.05, 3.63) is 55.2 Å². The van der Waals surface area contributed by atoms with E-state index in [4.69, 9.17) is 18.9 Å². The zero-order chi connectivity index (χ0) is 21.2. The van der Waals surface area contributed by atoms with Gasteiger partial charge in [0.15, 0.2) is 23.0 Å². The second-order valence-electron chi connectivity index (χ2n) is 5.53. The van der Waals surface area contributed by atoms with E-state index in [1.807, 2.05) is 36.4 Å². The van der Waals surface area contributed by atoms with Crippen LogP contribution in [0.4, 0.5) is 0 Å². The van der Waals surface area contributed by atoms with Crippen LogP contribution in [0.1, 0.15) is 11.1 Å². The first-order valence-corrected chi connectivity index (χ1v) is 12.1. The molecule has 0 unspecified atom stereocenters. The predicted molar refractivity (Wildman–Crippen MR) is 133 cm³/mol. The standard InChI is InChI=1S/C21H22Br2O4S2/c1-24-18-11-14(9-16(22)20(18)26-3)5-7-28-13-29-8-6-15-10-17(23)21(27-4)19(12-15)25-2/h5-12H,13H2,1-4H3/b7-5+,8-6+. The molecule has 4 nitrogen and oxygen atoms in total. The molecular weight excluding hydrogens is 540 g/mol. The molecule has 0 aromatic heterocycles. The van der Waals surface area contributed by atoms with Crippen LogP contribution in [0, 0.1) is 0 Å². The summed E-state index contributed by atoms with van der Waals surface area (Å²) in [6, 6.07) is 7.89. The van der Waals surface area contributed by atoms with E-state index in [0.29, 0.717) is 23.0 Å². The number of thioether (sulfide) groups is 2. The van der Waals surface area contributed by atoms with Crippen molar-refractivity contribution in [2.24, 2.45) is 0 Å². The molecule has 2 aromatic carbocycles. The maximum Gasteiger partial charge on any atom is 0.174 e. The molecule has 0 N–H and O–H groups in total. The quantitative estimate of drug-likeness (QED) is 0.223. The average Bonchev–Trinajstić information content (AvgIpc) is 2.72. The lowest BCUT2D eigenvalue weighted by Gasteiger charge is -2.10. The third-order valence-electron chi connectivity index (χ3n) is 3.76. The largest absolute Gasteiger partial charge is 0.493 e. The summed E-state index contributed by atoms with van der Waals surface area (Å²) in [5.74, 6) is 2.79. The second-order valence-corrected chi connectivity index (χ2v) is 9.40. The van der Waals surface area contributed by atoms with Gasteiger partial charge in [0.25, 0.3) is 0 Å². The van der Waals surface area contributed by atoms with E-state index < -0.39 is 0 Å². The number of methoxy groups -OCH3 is 4. The Morgan fingerprint density at radius 2 is 1.10 bits per heavy atom. The van der Waals surface area contributed by atoms with Gasteiger partial charge in [0.1, 0.15) is 0 Å². The number of halogens is 2. The van der Waals surface area contributed by atoms with Gasteiger partial charge in [0.2, 0.25) is 0 Å². The second kappa shape index (κ2) is 12.5. The fraction of sp³-hybridized carbons (Fsp3) is 0.238. The van der Waals surface area contributed by atoms with Crippen molar-refractivity contribution in [1.82, 2.24) is 0 Å². The van der Waals surface area contributed by atoms with Crippen LogP contribution in [-0.2, 0) is 0 Å². The topological polar surface area (TPSA) is 36.9 Å². The van der Waals surface area contributed by atoms with E-state index in [1.165, 1.54) is 0 Å². The zero-order valence-electron chi connectivity index (χ0n) is 16.5. The molecule has 8 heteroatoms. The van der Waals surface area contributed by atoms with Crippen molar-refractivity contribution >= 4 is 67.5 Å². The highest BCUT2D eigenvalue weighted by atomic mass is 79.9. The molecule has 0 bridgehead atoms. The molecule has 0 aliphatic carbocycles. The lowest BCUT2D eigenvalue weighted by Crippen LogP contribution is -1.92. The number of hydrogen-bond donors (Lipinski definition) is 0. The summed E-state index contributed by atoms with van der Waals surface area (Å²) >= 11 is 10.5. The van der Waals surface area contributed by atoms with Crippen LogP contribution in [-0.4, -0.2) is 33.5 Å². The maximum atomic E-state index is 5.37. The molecule has 0 saturated heterocycles. The Bertz CT molecular complexity index is 814. The highest BCUT2D eigenvalue weighted by Crippen LogP contribution is 2.38. The van der Waals surface area contributed by atoms with E-state index in [0.717, 1.165) is 25.2 Å². The third kappa shape index (κ3) is 6.91. The van der Waals surface area contributed by atoms with Gasteiger partial charge >= 0.3 is 0 Å². The molecule has 0 aliphatic rings. The van der Waals surface area contributed by atoms with Crippen LogP contribution in [0.3, 0.4) is 0 Å². The van der Waals surface area contributed by atoms with E-state index in [9.17, 15) is 0 Å². The van der Waals surface area contributed by atoms with Crippen LogP contribution in [0.25, 0.3) is 12.2 Å². The van der Waals surface area contributed by atoms with Crippen LogP contribution >= 0.6 is 55.4 Å². The molecule has 0 atom stereocenters. The van der Waals surface area contributed by atoms with Crippen molar-refractivity contribution in [2.75, 3.05) is 33.5 Å². The van der Waals surface area contributed by atoms with Crippen molar-refractivity contribution in [2.45, 2.75) is 0 Å². The van der Waals surface area contributed by atoms with E-state index >= 15 is 0 Å². The highest BCUT2D eigenvalue weighted by molar-refractivity contribution is 9.11. The van der Waals surface area contributed by atoms with E-state index in [1.54, 1.807) is 52.0 Å². The molecule has 0 saturated carbocycles. The normalized spacial score (nSPS) is 11.2. The zero-order valence-corrected chi connectivity index (χ0v) is 21.3. The fourth-order valence-corrected chi connectivity index (χ4v) is 5.13. The monoisotopic (exact) mass is 560 g/mol. The Hall–Kier alpha value is -1.22. The Morgan fingerprint density at radius 1 is 0.690 bits per heavy atom. The third-order valence-corrected chi connectivity index (χ3v) is 6.69. The van der Waals surface area contributed by atoms with E-state index in [2.05, 4.69) is 42.7 Å². The van der Waals surface area contributed by atoms with Crippen molar-refractivity contribution in [3.8, 4) is 23.0 Å². The molecular formula is C21H22Br2O4S2. The Morgan fingerprint density at radius 3 is 1.45 bits per heavy atom. The van der Waals surface area contributed by atoms with Gasteiger partial charge < -0.3 is 18.9 Å². The number of hydrogen-bond acceptors (Lipinski definition) is 6. The molecule has 0 radical (unpaired) electrons. The SMILES string of the molecule is COc1cc(/C=C/SCS/C=C/c2cc(Br)c(OC)c(OC)c2)cc(Br)c1OC. The fourth-order valence-electron chi connectivity index (χ4n) is 2.44. The first kappa shape index (κ1) is 24.1. The van der Waals surface area contributed by atoms with Crippen LogP contribution < -0.4 is 18.9 Å². The maximum absolute atomic E-state index is 5.37. The van der Waals surface area contributed by atoms with Gasteiger partial charge in [-0.1, -0.05) is 0 Å². The summed E-state index contributed by atoms with van der Waals surface area (Å²) in [5.41, 5.74) is 2.08. The van der Waals surface area contributed by atoms with Crippen LogP contribution in [0.5, 0.6) is 23.0 Å². The molecule has 0 amide bonds. The van der Waals surface area contributed by atoms with Gasteiger partial charge in [-0.25, -0.2) is 0 Å². The molecule has 2 aromatic rings. The summed E-state index contributed by atoms with van der Waals surface area (Å²) in [6.45, 7) is 0. The molecule has 156 valence electrons. The summed E-state index contributed by atoms with van der Waals surface area (Å²) in [6.07, 6.45) is 4.10. The van der Waals surface area contributed by atoms with Gasteiger partial charge in [-0.05, 0) is 90.2 Å². The van der Waals surface area contributed by atoms with Crippen molar-refractivity contribution < 1.29 is 18.9 Å². The summed E-state index contributed by atoms with van der Waals surface area (Å²) in [5, 5.41) is 5.04. The van der Waals surface area contributed by atoms with Crippen LogP contribution in [0.15, 0.2) is 44.0 Å². The molecule has 2 rings (SSSR count). The lowest BCUT2D eigenvalue weighted by molar-refractivity contribution is 0.353. The first-order chi connectivity index (χ1) is 14.0. The van der Waals surface area contributed by atoms with Gasteiger partial charge in [-0.3, -0.25) is 0 Å². The average molecular weight is 562 g/mol. The van der Waals surface area contributed by atoms with Crippen molar-refractivity contribution in [1.29, 1.82) is 0 Å². The number of rotatable bonds is 10. The minimum atomic E-state index is 0.694. The summed E-state index contributed by atoms with van der Waals surface area (Å²) < 4.78 is 23.1.